The van der Waals surface area contributed by atoms with Crippen molar-refractivity contribution in [1.29, 1.82) is 0 Å². The van der Waals surface area contributed by atoms with E-state index >= 15 is 0 Å². The highest BCUT2D eigenvalue weighted by Crippen LogP contribution is 2.54. The molecule has 2 fully saturated rings. The van der Waals surface area contributed by atoms with Crippen molar-refractivity contribution in [2.24, 2.45) is 17.8 Å². The van der Waals surface area contributed by atoms with Crippen LogP contribution in [-0.4, -0.2) is 33.1 Å². The van der Waals surface area contributed by atoms with Crippen LogP contribution < -0.4 is 0 Å². The van der Waals surface area contributed by atoms with Crippen molar-refractivity contribution < 1.29 is 19.0 Å². The number of hydrogen-bond donors (Lipinski definition) is 0. The largest absolute Gasteiger partial charge is 0.469 e. The van der Waals surface area contributed by atoms with E-state index in [9.17, 15) is 4.79 Å². The summed E-state index contributed by atoms with van der Waals surface area (Å²) < 4.78 is 15.0. The van der Waals surface area contributed by atoms with Gasteiger partial charge in [-0.1, -0.05) is 0 Å². The SMILES string of the molecule is COC(=O)[C@@H]1[C@@H]2CO[C@@H](OC)[C@@H]21. The van der Waals surface area contributed by atoms with E-state index in [4.69, 9.17) is 9.47 Å². The Morgan fingerprint density at radius 1 is 1.50 bits per heavy atom. The van der Waals surface area contributed by atoms with E-state index in [1.54, 1.807) is 7.11 Å². The second-order valence-corrected chi connectivity index (χ2v) is 3.23. The van der Waals surface area contributed by atoms with Crippen molar-refractivity contribution in [3.63, 3.8) is 0 Å². The first-order chi connectivity index (χ1) is 5.79. The second kappa shape index (κ2) is 2.71. The molecule has 2 rings (SSSR count). The number of ether oxygens (including phenoxy) is 3. The van der Waals surface area contributed by atoms with Crippen LogP contribution in [0.1, 0.15) is 0 Å². The van der Waals surface area contributed by atoms with Crippen LogP contribution in [0.3, 0.4) is 0 Å². The van der Waals surface area contributed by atoms with E-state index in [1.165, 1.54) is 7.11 Å². The maximum Gasteiger partial charge on any atom is 0.309 e. The number of rotatable bonds is 2. The Labute approximate surface area is 70.8 Å². The lowest BCUT2D eigenvalue weighted by atomic mass is 10.3. The highest BCUT2D eigenvalue weighted by Gasteiger charge is 2.64. The van der Waals surface area contributed by atoms with Gasteiger partial charge in [0, 0.05) is 18.9 Å². The predicted molar refractivity (Wildman–Crippen MR) is 39.2 cm³/mol. The molecule has 68 valence electrons. The Balaban J connectivity index is 1.96. The first-order valence-electron chi connectivity index (χ1n) is 4.02. The van der Waals surface area contributed by atoms with Gasteiger partial charge in [0.05, 0.1) is 19.6 Å². The van der Waals surface area contributed by atoms with Crippen LogP contribution in [0.15, 0.2) is 0 Å². The molecule has 0 spiro atoms. The van der Waals surface area contributed by atoms with Gasteiger partial charge in [-0.15, -0.1) is 0 Å². The highest BCUT2D eigenvalue weighted by atomic mass is 16.7. The zero-order valence-electron chi connectivity index (χ0n) is 7.15. The van der Waals surface area contributed by atoms with Gasteiger partial charge in [0.1, 0.15) is 0 Å². The number of carbonyl (C=O) groups is 1. The number of fused-ring (bicyclic) bond motifs is 1. The molecule has 0 bridgehead atoms. The lowest BCUT2D eigenvalue weighted by Crippen LogP contribution is -2.19. The van der Waals surface area contributed by atoms with Gasteiger partial charge in [-0.05, 0) is 0 Å². The van der Waals surface area contributed by atoms with Crippen LogP contribution in [-0.2, 0) is 19.0 Å². The Kier molecular flexibility index (Phi) is 1.81. The first-order valence-corrected chi connectivity index (χ1v) is 4.02. The number of hydrogen-bond acceptors (Lipinski definition) is 4. The molecular weight excluding hydrogens is 160 g/mol. The first kappa shape index (κ1) is 8.01. The third kappa shape index (κ3) is 0.949. The summed E-state index contributed by atoms with van der Waals surface area (Å²) in [6.45, 7) is 0.628. The van der Waals surface area contributed by atoms with Crippen LogP contribution in [0.5, 0.6) is 0 Å². The Bertz CT molecular complexity index is 203. The maximum absolute atomic E-state index is 11.1. The molecule has 1 aliphatic carbocycles. The third-order valence-electron chi connectivity index (χ3n) is 2.70. The van der Waals surface area contributed by atoms with E-state index in [-0.39, 0.29) is 24.1 Å². The molecule has 4 heteroatoms. The zero-order chi connectivity index (χ0) is 8.72. The normalized spacial score (nSPS) is 43.8. The summed E-state index contributed by atoms with van der Waals surface area (Å²) in [6, 6.07) is 0. The highest BCUT2D eigenvalue weighted by molar-refractivity contribution is 5.76. The summed E-state index contributed by atoms with van der Waals surface area (Å²) in [5, 5.41) is 0. The molecule has 4 nitrogen and oxygen atoms in total. The summed E-state index contributed by atoms with van der Waals surface area (Å²) in [5.74, 6) is 0.467. The minimum atomic E-state index is -0.195. The number of esters is 1. The van der Waals surface area contributed by atoms with Gasteiger partial charge < -0.3 is 14.2 Å². The fourth-order valence-corrected chi connectivity index (χ4v) is 2.00. The molecule has 1 saturated heterocycles. The second-order valence-electron chi connectivity index (χ2n) is 3.23. The van der Waals surface area contributed by atoms with E-state index in [0.29, 0.717) is 12.5 Å². The van der Waals surface area contributed by atoms with Gasteiger partial charge in [-0.25, -0.2) is 0 Å². The van der Waals surface area contributed by atoms with Crippen molar-refractivity contribution in [3.8, 4) is 0 Å². The monoisotopic (exact) mass is 172 g/mol. The molecule has 1 heterocycles. The van der Waals surface area contributed by atoms with Crippen LogP contribution >= 0.6 is 0 Å². The standard InChI is InChI=1S/C8H12O4/c1-10-7(9)5-4-3-12-8(11-2)6(4)5/h4-6,8H,3H2,1-2H3/t4-,5+,6-,8+/m0/s1. The topological polar surface area (TPSA) is 44.8 Å². The molecule has 0 amide bonds. The summed E-state index contributed by atoms with van der Waals surface area (Å²) in [7, 11) is 3.01. The van der Waals surface area contributed by atoms with Crippen molar-refractivity contribution in [3.05, 3.63) is 0 Å². The molecule has 0 unspecified atom stereocenters. The van der Waals surface area contributed by atoms with Gasteiger partial charge in [-0.3, -0.25) is 4.79 Å². The molecule has 0 aromatic rings. The molecule has 0 N–H and O–H groups in total. The molecule has 4 atom stereocenters. The molecular formula is C8H12O4. The summed E-state index contributed by atoms with van der Waals surface area (Å²) in [4.78, 5) is 11.1. The van der Waals surface area contributed by atoms with E-state index in [2.05, 4.69) is 4.74 Å². The van der Waals surface area contributed by atoms with Gasteiger partial charge in [0.25, 0.3) is 0 Å². The van der Waals surface area contributed by atoms with Crippen molar-refractivity contribution in [2.45, 2.75) is 6.29 Å². The van der Waals surface area contributed by atoms with Crippen molar-refractivity contribution in [2.75, 3.05) is 20.8 Å². The minimum absolute atomic E-state index is 0.0219. The zero-order valence-corrected chi connectivity index (χ0v) is 7.15. The summed E-state index contributed by atoms with van der Waals surface area (Å²) in [5.41, 5.74) is 0. The smallest absolute Gasteiger partial charge is 0.309 e. The quantitative estimate of drug-likeness (QED) is 0.551. The van der Waals surface area contributed by atoms with Crippen molar-refractivity contribution in [1.82, 2.24) is 0 Å². The van der Waals surface area contributed by atoms with E-state index in [1.807, 2.05) is 0 Å². The molecule has 0 radical (unpaired) electrons. The molecule has 12 heavy (non-hydrogen) atoms. The molecule has 0 aromatic heterocycles. The van der Waals surface area contributed by atoms with Crippen LogP contribution in [0.2, 0.25) is 0 Å². The lowest BCUT2D eigenvalue weighted by Gasteiger charge is -2.11. The van der Waals surface area contributed by atoms with Crippen LogP contribution in [0.4, 0.5) is 0 Å². The van der Waals surface area contributed by atoms with Gasteiger partial charge in [0.2, 0.25) is 0 Å². The molecule has 0 aromatic carbocycles. The minimum Gasteiger partial charge on any atom is -0.469 e. The van der Waals surface area contributed by atoms with Crippen molar-refractivity contribution >= 4 is 5.97 Å². The number of methoxy groups -OCH3 is 2. The number of carbonyl (C=O) groups excluding carboxylic acids is 1. The van der Waals surface area contributed by atoms with Gasteiger partial charge in [-0.2, -0.15) is 0 Å². The van der Waals surface area contributed by atoms with E-state index < -0.39 is 0 Å². The van der Waals surface area contributed by atoms with Gasteiger partial charge in [0.15, 0.2) is 6.29 Å². The Hall–Kier alpha value is -0.610. The predicted octanol–water partition coefficient (Wildman–Crippen LogP) is 0.0243. The fraction of sp³-hybridized carbons (Fsp3) is 0.875. The fourth-order valence-electron chi connectivity index (χ4n) is 2.00. The maximum atomic E-state index is 11.1. The van der Waals surface area contributed by atoms with Gasteiger partial charge >= 0.3 is 5.97 Å². The summed E-state index contributed by atoms with van der Waals surface area (Å²) in [6.07, 6.45) is -0.195. The van der Waals surface area contributed by atoms with E-state index in [0.717, 1.165) is 0 Å². The third-order valence-corrected chi connectivity index (χ3v) is 2.70. The van der Waals surface area contributed by atoms with Crippen LogP contribution in [0.25, 0.3) is 0 Å². The van der Waals surface area contributed by atoms with Crippen LogP contribution in [0, 0.1) is 17.8 Å². The molecule has 2 aliphatic rings. The molecule has 1 saturated carbocycles. The Morgan fingerprint density at radius 2 is 2.25 bits per heavy atom. The Morgan fingerprint density at radius 3 is 2.83 bits per heavy atom. The summed E-state index contributed by atoms with van der Waals surface area (Å²) >= 11 is 0. The average Bonchev–Trinajstić information content (AvgIpc) is 2.67. The molecule has 1 aliphatic heterocycles. The average molecular weight is 172 g/mol. The lowest BCUT2D eigenvalue weighted by molar-refractivity contribution is -0.151.